The summed E-state index contributed by atoms with van der Waals surface area (Å²) in [5.41, 5.74) is -0.678. The van der Waals surface area contributed by atoms with Crippen molar-refractivity contribution < 1.29 is 14.7 Å². The lowest BCUT2D eigenvalue weighted by atomic mass is 9.88. The largest absolute Gasteiger partial charge is 0.481 e. The number of nitrogens with one attached hydrogen (secondary N) is 1. The van der Waals surface area contributed by atoms with Gasteiger partial charge in [0.15, 0.2) is 0 Å². The van der Waals surface area contributed by atoms with Gasteiger partial charge in [-0.1, -0.05) is 6.42 Å². The second-order valence-electron chi connectivity index (χ2n) is 7.06. The standard InChI is InChI=1S/C15H24N2O3/c1-17(8-12-7-10-2-3-11(12)6-10)14(20)16-9-15(4-5-15)13(18)19/h10-12H,2-9H2,1H3,(H,16,20)(H,18,19). The number of carbonyl (C=O) groups is 2. The zero-order valence-electron chi connectivity index (χ0n) is 12.1. The maximum atomic E-state index is 12.1. The van der Waals surface area contributed by atoms with Gasteiger partial charge in [0.25, 0.3) is 0 Å². The molecule has 3 rings (SSSR count). The van der Waals surface area contributed by atoms with Crippen LogP contribution in [0.5, 0.6) is 0 Å². The molecule has 3 atom stereocenters. The van der Waals surface area contributed by atoms with Gasteiger partial charge in [-0.3, -0.25) is 4.79 Å². The Bertz CT molecular complexity index is 419. The number of fused-ring (bicyclic) bond motifs is 2. The van der Waals surface area contributed by atoms with Crippen molar-refractivity contribution in [3.8, 4) is 0 Å². The molecular formula is C15H24N2O3. The first-order chi connectivity index (χ1) is 9.50. The van der Waals surface area contributed by atoms with Crippen molar-refractivity contribution in [2.75, 3.05) is 20.1 Å². The van der Waals surface area contributed by atoms with E-state index in [-0.39, 0.29) is 12.6 Å². The molecule has 0 radical (unpaired) electrons. The fourth-order valence-corrected chi connectivity index (χ4v) is 4.03. The van der Waals surface area contributed by atoms with E-state index in [1.54, 1.807) is 4.90 Å². The van der Waals surface area contributed by atoms with Crippen LogP contribution in [0.2, 0.25) is 0 Å². The van der Waals surface area contributed by atoms with Gasteiger partial charge in [0.05, 0.1) is 5.41 Å². The molecule has 0 aromatic carbocycles. The molecule has 0 heterocycles. The van der Waals surface area contributed by atoms with E-state index >= 15 is 0 Å². The van der Waals surface area contributed by atoms with Gasteiger partial charge >= 0.3 is 12.0 Å². The molecule has 0 spiro atoms. The van der Waals surface area contributed by atoms with Gasteiger partial charge in [-0.25, -0.2) is 4.79 Å². The highest BCUT2D eigenvalue weighted by molar-refractivity contribution is 5.80. The Hall–Kier alpha value is -1.26. The molecule has 3 aliphatic rings. The van der Waals surface area contributed by atoms with Crippen LogP contribution in [0.4, 0.5) is 4.79 Å². The minimum Gasteiger partial charge on any atom is -0.481 e. The highest BCUT2D eigenvalue weighted by Gasteiger charge is 2.50. The average Bonchev–Trinajstić information content (AvgIpc) is 2.94. The highest BCUT2D eigenvalue weighted by atomic mass is 16.4. The third-order valence-corrected chi connectivity index (χ3v) is 5.62. The first-order valence-electron chi connectivity index (χ1n) is 7.72. The maximum absolute atomic E-state index is 12.1. The van der Waals surface area contributed by atoms with Crippen molar-refractivity contribution in [1.82, 2.24) is 10.2 Å². The number of nitrogens with zero attached hydrogens (tertiary/aromatic N) is 1. The van der Waals surface area contributed by atoms with Crippen molar-refractivity contribution in [3.63, 3.8) is 0 Å². The van der Waals surface area contributed by atoms with Crippen molar-refractivity contribution in [2.45, 2.75) is 38.5 Å². The van der Waals surface area contributed by atoms with E-state index in [1.165, 1.54) is 25.7 Å². The number of carboxylic acid groups (broad SMARTS) is 1. The highest BCUT2D eigenvalue weighted by Crippen LogP contribution is 2.48. The second kappa shape index (κ2) is 4.93. The minimum atomic E-state index is -0.784. The molecular weight excluding hydrogens is 256 g/mol. The number of rotatable bonds is 5. The molecule has 20 heavy (non-hydrogen) atoms. The van der Waals surface area contributed by atoms with E-state index in [9.17, 15) is 9.59 Å². The summed E-state index contributed by atoms with van der Waals surface area (Å²) < 4.78 is 0. The molecule has 0 saturated heterocycles. The summed E-state index contributed by atoms with van der Waals surface area (Å²) in [5.74, 6) is 1.57. The van der Waals surface area contributed by atoms with Crippen molar-refractivity contribution in [3.05, 3.63) is 0 Å². The number of hydrogen-bond donors (Lipinski definition) is 2. The van der Waals surface area contributed by atoms with E-state index in [4.69, 9.17) is 5.11 Å². The molecule has 5 nitrogen and oxygen atoms in total. The molecule has 3 aliphatic carbocycles. The Morgan fingerprint density at radius 2 is 2.05 bits per heavy atom. The first-order valence-corrected chi connectivity index (χ1v) is 7.72. The molecule has 3 unspecified atom stereocenters. The fraction of sp³-hybridized carbons (Fsp3) is 0.867. The van der Waals surface area contributed by atoms with E-state index in [1.807, 2.05) is 7.05 Å². The summed E-state index contributed by atoms with van der Waals surface area (Å²) in [6.45, 7) is 1.08. The lowest BCUT2D eigenvalue weighted by Crippen LogP contribution is -2.43. The van der Waals surface area contributed by atoms with Crippen molar-refractivity contribution in [1.29, 1.82) is 0 Å². The van der Waals surface area contributed by atoms with Crippen LogP contribution in [0.3, 0.4) is 0 Å². The summed E-state index contributed by atoms with van der Waals surface area (Å²) in [5, 5.41) is 11.9. The number of carbonyl (C=O) groups excluding carboxylic acids is 1. The Kier molecular flexibility index (Phi) is 3.38. The van der Waals surface area contributed by atoms with E-state index in [0.717, 1.165) is 18.4 Å². The quantitative estimate of drug-likeness (QED) is 0.808. The van der Waals surface area contributed by atoms with Crippen LogP contribution in [0.15, 0.2) is 0 Å². The van der Waals surface area contributed by atoms with Crippen LogP contribution in [-0.4, -0.2) is 42.1 Å². The molecule has 5 heteroatoms. The smallest absolute Gasteiger partial charge is 0.317 e. The molecule has 2 bridgehead atoms. The maximum Gasteiger partial charge on any atom is 0.317 e. The van der Waals surface area contributed by atoms with Gasteiger partial charge < -0.3 is 15.3 Å². The number of hydrogen-bond acceptors (Lipinski definition) is 2. The molecule has 2 amide bonds. The van der Waals surface area contributed by atoms with Gasteiger partial charge in [0, 0.05) is 20.1 Å². The lowest BCUT2D eigenvalue weighted by Gasteiger charge is -2.27. The Labute approximate surface area is 119 Å². The topological polar surface area (TPSA) is 69.6 Å². The monoisotopic (exact) mass is 280 g/mol. The lowest BCUT2D eigenvalue weighted by molar-refractivity contribution is -0.143. The molecule has 2 N–H and O–H groups in total. The third-order valence-electron chi connectivity index (χ3n) is 5.62. The molecule has 112 valence electrons. The number of aliphatic carboxylic acids is 1. The number of urea groups is 1. The zero-order chi connectivity index (χ0) is 14.3. The summed E-state index contributed by atoms with van der Waals surface area (Å²) >= 11 is 0. The zero-order valence-corrected chi connectivity index (χ0v) is 12.1. The average molecular weight is 280 g/mol. The van der Waals surface area contributed by atoms with Crippen molar-refractivity contribution >= 4 is 12.0 Å². The number of carboxylic acids is 1. The predicted octanol–water partition coefficient (Wildman–Crippen LogP) is 1.93. The molecule has 0 aliphatic heterocycles. The van der Waals surface area contributed by atoms with Crippen LogP contribution in [0.1, 0.15) is 38.5 Å². The first kappa shape index (κ1) is 13.7. The van der Waals surface area contributed by atoms with Crippen LogP contribution in [0, 0.1) is 23.2 Å². The normalized spacial score (nSPS) is 33.0. The molecule has 0 aromatic rings. The number of amides is 2. The van der Waals surface area contributed by atoms with Gasteiger partial charge in [0.1, 0.15) is 0 Å². The van der Waals surface area contributed by atoms with Crippen LogP contribution >= 0.6 is 0 Å². The SMILES string of the molecule is CN(CC1CC2CCC1C2)C(=O)NCC1(C(=O)O)CC1. The van der Waals surface area contributed by atoms with Crippen LogP contribution in [0.25, 0.3) is 0 Å². The summed E-state index contributed by atoms with van der Waals surface area (Å²) in [6.07, 6.45) is 6.67. The predicted molar refractivity (Wildman–Crippen MR) is 74.3 cm³/mol. The van der Waals surface area contributed by atoms with Crippen molar-refractivity contribution in [2.24, 2.45) is 23.2 Å². The van der Waals surface area contributed by atoms with E-state index in [2.05, 4.69) is 5.32 Å². The van der Waals surface area contributed by atoms with E-state index in [0.29, 0.717) is 18.8 Å². The van der Waals surface area contributed by atoms with Gasteiger partial charge in [0.2, 0.25) is 0 Å². The van der Waals surface area contributed by atoms with Gasteiger partial charge in [-0.15, -0.1) is 0 Å². The summed E-state index contributed by atoms with van der Waals surface area (Å²) in [6, 6.07) is -0.125. The second-order valence-corrected chi connectivity index (χ2v) is 7.06. The molecule has 3 saturated carbocycles. The summed E-state index contributed by atoms with van der Waals surface area (Å²) in [4.78, 5) is 24.9. The Morgan fingerprint density at radius 1 is 1.30 bits per heavy atom. The fourth-order valence-electron chi connectivity index (χ4n) is 4.03. The summed E-state index contributed by atoms with van der Waals surface area (Å²) in [7, 11) is 1.82. The van der Waals surface area contributed by atoms with Crippen LogP contribution in [-0.2, 0) is 4.79 Å². The van der Waals surface area contributed by atoms with Gasteiger partial charge in [-0.2, -0.15) is 0 Å². The Morgan fingerprint density at radius 3 is 2.55 bits per heavy atom. The third kappa shape index (κ3) is 2.50. The van der Waals surface area contributed by atoms with Crippen LogP contribution < -0.4 is 5.32 Å². The molecule has 0 aromatic heterocycles. The molecule has 3 fully saturated rings. The minimum absolute atomic E-state index is 0.125. The van der Waals surface area contributed by atoms with Gasteiger partial charge in [-0.05, 0) is 49.9 Å². The Balaban J connectivity index is 1.44. The van der Waals surface area contributed by atoms with E-state index < -0.39 is 11.4 Å².